The van der Waals surface area contributed by atoms with Gasteiger partial charge < -0.3 is 5.32 Å². The molecular formula is C15H21BrN2. The third-order valence-corrected chi connectivity index (χ3v) is 4.02. The molecule has 1 saturated heterocycles. The van der Waals surface area contributed by atoms with E-state index in [1.165, 1.54) is 5.56 Å². The van der Waals surface area contributed by atoms with Crippen molar-refractivity contribution in [3.63, 3.8) is 0 Å². The van der Waals surface area contributed by atoms with Crippen molar-refractivity contribution in [3.8, 4) is 0 Å². The highest BCUT2D eigenvalue weighted by molar-refractivity contribution is 9.10. The predicted molar refractivity (Wildman–Crippen MR) is 80.8 cm³/mol. The zero-order valence-electron chi connectivity index (χ0n) is 10.7. The summed E-state index contributed by atoms with van der Waals surface area (Å²) in [6.07, 6.45) is 4.25. The highest BCUT2D eigenvalue weighted by atomic mass is 79.9. The van der Waals surface area contributed by atoms with Gasteiger partial charge in [0.2, 0.25) is 0 Å². The molecule has 2 rings (SSSR count). The van der Waals surface area contributed by atoms with Crippen LogP contribution in [0, 0.1) is 0 Å². The number of hydrogen-bond donors (Lipinski definition) is 1. The molecule has 3 heteroatoms. The number of benzene rings is 1. The van der Waals surface area contributed by atoms with Gasteiger partial charge in [0.1, 0.15) is 0 Å². The SMILES string of the molecule is C=CCC[C@H](c1ccc(Br)cc1)N1CCNCC1. The molecule has 98 valence electrons. The van der Waals surface area contributed by atoms with Gasteiger partial charge in [0, 0.05) is 36.7 Å². The van der Waals surface area contributed by atoms with E-state index in [4.69, 9.17) is 0 Å². The first kappa shape index (κ1) is 13.8. The Bertz CT molecular complexity index is 369. The molecule has 0 spiro atoms. The summed E-state index contributed by atoms with van der Waals surface area (Å²) < 4.78 is 1.15. The van der Waals surface area contributed by atoms with Gasteiger partial charge in [-0.15, -0.1) is 6.58 Å². The van der Waals surface area contributed by atoms with Crippen LogP contribution in [-0.4, -0.2) is 31.1 Å². The molecule has 1 N–H and O–H groups in total. The molecule has 0 aliphatic carbocycles. The number of allylic oxidation sites excluding steroid dienone is 1. The van der Waals surface area contributed by atoms with E-state index in [-0.39, 0.29) is 0 Å². The smallest absolute Gasteiger partial charge is 0.0352 e. The summed E-state index contributed by atoms with van der Waals surface area (Å²) in [5.41, 5.74) is 1.42. The summed E-state index contributed by atoms with van der Waals surface area (Å²) in [5, 5.41) is 3.42. The van der Waals surface area contributed by atoms with Gasteiger partial charge in [-0.25, -0.2) is 0 Å². The van der Waals surface area contributed by atoms with Crippen LogP contribution in [0.4, 0.5) is 0 Å². The maximum atomic E-state index is 3.85. The van der Waals surface area contributed by atoms with Crippen LogP contribution in [0.1, 0.15) is 24.4 Å². The number of nitrogens with zero attached hydrogens (tertiary/aromatic N) is 1. The van der Waals surface area contributed by atoms with Crippen molar-refractivity contribution < 1.29 is 0 Å². The van der Waals surface area contributed by atoms with Gasteiger partial charge in [0.05, 0.1) is 0 Å². The first-order valence-corrected chi connectivity index (χ1v) is 7.41. The molecule has 0 radical (unpaired) electrons. The topological polar surface area (TPSA) is 15.3 Å². The lowest BCUT2D eigenvalue weighted by atomic mass is 9.99. The van der Waals surface area contributed by atoms with E-state index in [1.54, 1.807) is 0 Å². The molecule has 2 nitrogen and oxygen atoms in total. The largest absolute Gasteiger partial charge is 0.314 e. The zero-order valence-corrected chi connectivity index (χ0v) is 12.3. The van der Waals surface area contributed by atoms with Crippen molar-refractivity contribution in [3.05, 3.63) is 47.0 Å². The lowest BCUT2D eigenvalue weighted by Gasteiger charge is -2.35. The van der Waals surface area contributed by atoms with E-state index >= 15 is 0 Å². The van der Waals surface area contributed by atoms with Crippen LogP contribution in [0.25, 0.3) is 0 Å². The third-order valence-electron chi connectivity index (χ3n) is 3.49. The molecule has 18 heavy (non-hydrogen) atoms. The molecule has 1 atom stereocenters. The van der Waals surface area contributed by atoms with Crippen molar-refractivity contribution in [1.82, 2.24) is 10.2 Å². The first-order chi connectivity index (χ1) is 8.81. The van der Waals surface area contributed by atoms with Crippen LogP contribution in [0.2, 0.25) is 0 Å². The fraction of sp³-hybridized carbons (Fsp3) is 0.467. The summed E-state index contributed by atoms with van der Waals surface area (Å²) in [6.45, 7) is 8.32. The van der Waals surface area contributed by atoms with Crippen LogP contribution >= 0.6 is 15.9 Å². The van der Waals surface area contributed by atoms with E-state index in [9.17, 15) is 0 Å². The summed E-state index contributed by atoms with van der Waals surface area (Å²) >= 11 is 3.50. The molecule has 1 aromatic carbocycles. The van der Waals surface area contributed by atoms with E-state index in [2.05, 4.69) is 57.0 Å². The van der Waals surface area contributed by atoms with Gasteiger partial charge in [-0.05, 0) is 30.5 Å². The van der Waals surface area contributed by atoms with Crippen molar-refractivity contribution in [2.24, 2.45) is 0 Å². The second-order valence-electron chi connectivity index (χ2n) is 4.72. The van der Waals surface area contributed by atoms with E-state index in [0.29, 0.717) is 6.04 Å². The molecule has 1 heterocycles. The monoisotopic (exact) mass is 308 g/mol. The summed E-state index contributed by atoms with van der Waals surface area (Å²) in [7, 11) is 0. The fourth-order valence-electron chi connectivity index (χ4n) is 2.51. The van der Waals surface area contributed by atoms with E-state index in [1.807, 2.05) is 6.08 Å². The van der Waals surface area contributed by atoms with Gasteiger partial charge in [0.25, 0.3) is 0 Å². The van der Waals surface area contributed by atoms with Gasteiger partial charge in [-0.2, -0.15) is 0 Å². The lowest BCUT2D eigenvalue weighted by Crippen LogP contribution is -2.45. The van der Waals surface area contributed by atoms with Gasteiger partial charge in [0.15, 0.2) is 0 Å². The van der Waals surface area contributed by atoms with Crippen LogP contribution in [0.5, 0.6) is 0 Å². The van der Waals surface area contributed by atoms with E-state index < -0.39 is 0 Å². The van der Waals surface area contributed by atoms with Crippen molar-refractivity contribution >= 4 is 15.9 Å². The Morgan fingerprint density at radius 3 is 2.56 bits per heavy atom. The van der Waals surface area contributed by atoms with Crippen LogP contribution < -0.4 is 5.32 Å². The van der Waals surface area contributed by atoms with Crippen LogP contribution in [0.3, 0.4) is 0 Å². The van der Waals surface area contributed by atoms with Crippen molar-refractivity contribution in [2.75, 3.05) is 26.2 Å². The van der Waals surface area contributed by atoms with Gasteiger partial charge >= 0.3 is 0 Å². The number of rotatable bonds is 5. The molecule has 1 aliphatic rings. The highest BCUT2D eigenvalue weighted by Crippen LogP contribution is 2.27. The minimum atomic E-state index is 0.526. The Balaban J connectivity index is 2.12. The van der Waals surface area contributed by atoms with Gasteiger partial charge in [-0.1, -0.05) is 34.1 Å². The maximum absolute atomic E-state index is 3.85. The third kappa shape index (κ3) is 3.67. The normalized spacial score (nSPS) is 18.5. The maximum Gasteiger partial charge on any atom is 0.0352 e. The molecular weight excluding hydrogens is 288 g/mol. The molecule has 1 fully saturated rings. The van der Waals surface area contributed by atoms with Crippen LogP contribution in [-0.2, 0) is 0 Å². The summed E-state index contributed by atoms with van der Waals surface area (Å²) in [5.74, 6) is 0. The zero-order chi connectivity index (χ0) is 12.8. The molecule has 0 bridgehead atoms. The average molecular weight is 309 g/mol. The number of nitrogens with one attached hydrogen (secondary N) is 1. The van der Waals surface area contributed by atoms with Crippen LogP contribution in [0.15, 0.2) is 41.4 Å². The highest BCUT2D eigenvalue weighted by Gasteiger charge is 2.21. The molecule has 1 aromatic rings. The first-order valence-electron chi connectivity index (χ1n) is 6.62. The van der Waals surface area contributed by atoms with Crippen molar-refractivity contribution in [2.45, 2.75) is 18.9 Å². The number of piperazine rings is 1. The molecule has 0 saturated carbocycles. The Morgan fingerprint density at radius 1 is 1.28 bits per heavy atom. The number of hydrogen-bond acceptors (Lipinski definition) is 2. The Hall–Kier alpha value is -0.640. The molecule has 0 amide bonds. The van der Waals surface area contributed by atoms with Crippen molar-refractivity contribution in [1.29, 1.82) is 0 Å². The Labute approximate surface area is 118 Å². The molecule has 0 aromatic heterocycles. The van der Waals surface area contributed by atoms with E-state index in [0.717, 1.165) is 43.5 Å². The Morgan fingerprint density at radius 2 is 1.94 bits per heavy atom. The minimum Gasteiger partial charge on any atom is -0.314 e. The second kappa shape index (κ2) is 7.07. The predicted octanol–water partition coefficient (Wildman–Crippen LogP) is 3.36. The molecule has 1 aliphatic heterocycles. The number of halogens is 1. The summed E-state index contributed by atoms with van der Waals surface area (Å²) in [6, 6.07) is 9.27. The fourth-order valence-corrected chi connectivity index (χ4v) is 2.78. The standard InChI is InChI=1S/C15H21BrN2/c1-2-3-4-15(18-11-9-17-10-12-18)13-5-7-14(16)8-6-13/h2,5-8,15,17H,1,3-4,9-12H2/t15-/m1/s1. The van der Waals surface area contributed by atoms with Gasteiger partial charge in [-0.3, -0.25) is 4.90 Å². The quantitative estimate of drug-likeness (QED) is 0.839. The Kier molecular flexibility index (Phi) is 5.42. The average Bonchev–Trinajstić information content (AvgIpc) is 2.42. The second-order valence-corrected chi connectivity index (χ2v) is 5.64. The lowest BCUT2D eigenvalue weighted by molar-refractivity contribution is 0.166. The molecule has 0 unspecified atom stereocenters. The minimum absolute atomic E-state index is 0.526. The summed E-state index contributed by atoms with van der Waals surface area (Å²) in [4.78, 5) is 2.59.